The van der Waals surface area contributed by atoms with Crippen LogP contribution in [0.4, 0.5) is 11.4 Å². The van der Waals surface area contributed by atoms with Crippen molar-refractivity contribution in [3.63, 3.8) is 0 Å². The summed E-state index contributed by atoms with van der Waals surface area (Å²) in [5.41, 5.74) is 3.10. The summed E-state index contributed by atoms with van der Waals surface area (Å²) in [6.07, 6.45) is 0. The van der Waals surface area contributed by atoms with E-state index in [1.807, 2.05) is 18.2 Å². The van der Waals surface area contributed by atoms with Gasteiger partial charge >= 0.3 is 0 Å². The van der Waals surface area contributed by atoms with Gasteiger partial charge < -0.3 is 15.7 Å². The lowest BCUT2D eigenvalue weighted by Gasteiger charge is -2.35. The molecule has 0 saturated carbocycles. The van der Waals surface area contributed by atoms with Crippen LogP contribution in [0.15, 0.2) is 18.2 Å². The molecule has 0 bridgehead atoms. The molecule has 1 aromatic carbocycles. The summed E-state index contributed by atoms with van der Waals surface area (Å²) < 4.78 is 0. The molecule has 0 saturated heterocycles. The Labute approximate surface area is 84.1 Å². The first-order valence-electron chi connectivity index (χ1n) is 4.87. The first-order chi connectivity index (χ1) is 6.62. The number of anilines is 2. The number of aliphatic hydroxyl groups is 1. The third-order valence-electron chi connectivity index (χ3n) is 2.51. The zero-order valence-corrected chi connectivity index (χ0v) is 8.59. The molecule has 2 rings (SSSR count). The number of para-hydroxylation sites is 1. The molecule has 1 aliphatic rings. The summed E-state index contributed by atoms with van der Waals surface area (Å²) in [7, 11) is 0. The minimum Gasteiger partial charge on any atom is -0.392 e. The topological polar surface area (TPSA) is 44.3 Å². The number of benzene rings is 1. The maximum Gasteiger partial charge on any atom is 0.0702 e. The van der Waals surface area contributed by atoms with Crippen molar-refractivity contribution >= 4 is 11.4 Å². The first kappa shape index (κ1) is 9.34. The predicted molar refractivity (Wildman–Crippen MR) is 58.6 cm³/mol. The third-order valence-corrected chi connectivity index (χ3v) is 2.51. The van der Waals surface area contributed by atoms with Crippen molar-refractivity contribution in [2.75, 3.05) is 17.2 Å². The molecule has 0 spiro atoms. The second kappa shape index (κ2) is 3.17. The van der Waals surface area contributed by atoms with Gasteiger partial charge in [-0.2, -0.15) is 0 Å². The standard InChI is InChI=1S/C11H16N2O/c1-11(2)7-12-9-5-3-4-8(6-14)10(9)13-11/h3-5,12-14H,6-7H2,1-2H3. The normalized spacial score (nSPS) is 17.9. The minimum atomic E-state index is 0.0400. The Balaban J connectivity index is 2.43. The van der Waals surface area contributed by atoms with E-state index in [1.165, 1.54) is 0 Å². The van der Waals surface area contributed by atoms with Crippen LogP contribution in [0.2, 0.25) is 0 Å². The van der Waals surface area contributed by atoms with Crippen LogP contribution >= 0.6 is 0 Å². The molecular weight excluding hydrogens is 176 g/mol. The molecule has 3 N–H and O–H groups in total. The Morgan fingerprint density at radius 2 is 2.21 bits per heavy atom. The van der Waals surface area contributed by atoms with Crippen molar-refractivity contribution in [3.05, 3.63) is 23.8 Å². The van der Waals surface area contributed by atoms with Crippen molar-refractivity contribution in [2.24, 2.45) is 0 Å². The highest BCUT2D eigenvalue weighted by molar-refractivity contribution is 5.75. The van der Waals surface area contributed by atoms with Gasteiger partial charge in [0, 0.05) is 17.6 Å². The quantitative estimate of drug-likeness (QED) is 0.635. The summed E-state index contributed by atoms with van der Waals surface area (Å²) in [6, 6.07) is 5.92. The van der Waals surface area contributed by atoms with E-state index in [0.29, 0.717) is 0 Å². The highest BCUT2D eigenvalue weighted by Crippen LogP contribution is 2.32. The van der Waals surface area contributed by atoms with E-state index in [0.717, 1.165) is 23.5 Å². The van der Waals surface area contributed by atoms with Crippen LogP contribution < -0.4 is 10.6 Å². The Bertz CT molecular complexity index is 333. The maximum atomic E-state index is 9.20. The van der Waals surface area contributed by atoms with E-state index in [1.54, 1.807) is 0 Å². The van der Waals surface area contributed by atoms with Gasteiger partial charge in [-0.1, -0.05) is 12.1 Å². The average Bonchev–Trinajstić information content (AvgIpc) is 2.15. The smallest absolute Gasteiger partial charge is 0.0702 e. The predicted octanol–water partition coefficient (Wildman–Crippen LogP) is 1.79. The van der Waals surface area contributed by atoms with Gasteiger partial charge in [-0.15, -0.1) is 0 Å². The van der Waals surface area contributed by atoms with Crippen LogP contribution in [-0.2, 0) is 6.61 Å². The zero-order chi connectivity index (χ0) is 10.2. The zero-order valence-electron chi connectivity index (χ0n) is 8.59. The number of nitrogens with one attached hydrogen (secondary N) is 2. The fraction of sp³-hybridized carbons (Fsp3) is 0.455. The van der Waals surface area contributed by atoms with Gasteiger partial charge in [0.1, 0.15) is 0 Å². The van der Waals surface area contributed by atoms with E-state index in [9.17, 15) is 5.11 Å². The molecule has 0 fully saturated rings. The van der Waals surface area contributed by atoms with Gasteiger partial charge in [-0.3, -0.25) is 0 Å². The molecule has 0 atom stereocenters. The highest BCUT2D eigenvalue weighted by Gasteiger charge is 2.24. The Morgan fingerprint density at radius 1 is 1.43 bits per heavy atom. The number of rotatable bonds is 1. The molecule has 0 aliphatic carbocycles. The second-order valence-corrected chi connectivity index (χ2v) is 4.36. The summed E-state index contributed by atoms with van der Waals surface area (Å²) in [5.74, 6) is 0. The van der Waals surface area contributed by atoms with Gasteiger partial charge in [0.25, 0.3) is 0 Å². The molecule has 3 nitrogen and oxygen atoms in total. The van der Waals surface area contributed by atoms with Gasteiger partial charge in [0.05, 0.1) is 18.0 Å². The van der Waals surface area contributed by atoms with Gasteiger partial charge in [-0.05, 0) is 19.9 Å². The molecule has 3 heteroatoms. The molecule has 0 radical (unpaired) electrons. The number of aliphatic hydroxyl groups excluding tert-OH is 1. The van der Waals surface area contributed by atoms with Crippen molar-refractivity contribution < 1.29 is 5.11 Å². The van der Waals surface area contributed by atoms with E-state index < -0.39 is 0 Å². The van der Waals surface area contributed by atoms with E-state index in [-0.39, 0.29) is 12.1 Å². The second-order valence-electron chi connectivity index (χ2n) is 4.36. The van der Waals surface area contributed by atoms with Gasteiger partial charge in [0.2, 0.25) is 0 Å². The Hall–Kier alpha value is -1.22. The molecule has 76 valence electrons. The summed E-state index contributed by atoms with van der Waals surface area (Å²) in [5, 5.41) is 16.0. The molecule has 14 heavy (non-hydrogen) atoms. The fourth-order valence-electron chi connectivity index (χ4n) is 1.73. The molecule has 0 aromatic heterocycles. The van der Waals surface area contributed by atoms with Crippen molar-refractivity contribution in [2.45, 2.75) is 26.0 Å². The first-order valence-corrected chi connectivity index (χ1v) is 4.87. The fourth-order valence-corrected chi connectivity index (χ4v) is 1.73. The number of hydrogen-bond donors (Lipinski definition) is 3. The lowest BCUT2D eigenvalue weighted by Crippen LogP contribution is -2.42. The van der Waals surface area contributed by atoms with Crippen molar-refractivity contribution in [3.8, 4) is 0 Å². The average molecular weight is 192 g/mol. The molecule has 0 unspecified atom stereocenters. The van der Waals surface area contributed by atoms with E-state index in [2.05, 4.69) is 24.5 Å². The molecule has 1 aliphatic heterocycles. The summed E-state index contributed by atoms with van der Waals surface area (Å²) in [4.78, 5) is 0. The summed E-state index contributed by atoms with van der Waals surface area (Å²) in [6.45, 7) is 5.25. The highest BCUT2D eigenvalue weighted by atomic mass is 16.3. The van der Waals surface area contributed by atoms with E-state index in [4.69, 9.17) is 0 Å². The monoisotopic (exact) mass is 192 g/mol. The Kier molecular flexibility index (Phi) is 2.11. The van der Waals surface area contributed by atoms with Crippen LogP contribution in [0, 0.1) is 0 Å². The number of hydrogen-bond acceptors (Lipinski definition) is 3. The van der Waals surface area contributed by atoms with Crippen LogP contribution in [0.3, 0.4) is 0 Å². The minimum absolute atomic E-state index is 0.0400. The van der Waals surface area contributed by atoms with Crippen molar-refractivity contribution in [1.82, 2.24) is 0 Å². The maximum absolute atomic E-state index is 9.20. The van der Waals surface area contributed by atoms with Crippen LogP contribution in [-0.4, -0.2) is 17.2 Å². The molecule has 1 aromatic rings. The largest absolute Gasteiger partial charge is 0.392 e. The SMILES string of the molecule is CC1(C)CNc2cccc(CO)c2N1. The Morgan fingerprint density at radius 3 is 2.93 bits per heavy atom. The summed E-state index contributed by atoms with van der Waals surface area (Å²) >= 11 is 0. The van der Waals surface area contributed by atoms with Crippen molar-refractivity contribution in [1.29, 1.82) is 0 Å². The molecule has 0 amide bonds. The van der Waals surface area contributed by atoms with E-state index >= 15 is 0 Å². The number of fused-ring (bicyclic) bond motifs is 1. The van der Waals surface area contributed by atoms with Crippen LogP contribution in [0.25, 0.3) is 0 Å². The lowest BCUT2D eigenvalue weighted by molar-refractivity contribution is 0.282. The van der Waals surface area contributed by atoms with Crippen LogP contribution in [0.1, 0.15) is 19.4 Å². The molecular formula is C11H16N2O. The van der Waals surface area contributed by atoms with Crippen LogP contribution in [0.5, 0.6) is 0 Å². The van der Waals surface area contributed by atoms with Gasteiger partial charge in [-0.25, -0.2) is 0 Å². The lowest BCUT2D eigenvalue weighted by atomic mass is 9.99. The molecule has 1 heterocycles. The van der Waals surface area contributed by atoms with Gasteiger partial charge in [0.15, 0.2) is 0 Å². The third kappa shape index (κ3) is 1.55.